The van der Waals surface area contributed by atoms with Gasteiger partial charge in [0.15, 0.2) is 0 Å². The molecule has 0 saturated heterocycles. The van der Waals surface area contributed by atoms with Crippen molar-refractivity contribution < 1.29 is 20.4 Å². The number of aliphatic hydroxyl groups is 4. The van der Waals surface area contributed by atoms with E-state index in [9.17, 15) is 20.4 Å². The predicted molar refractivity (Wildman–Crippen MR) is 132 cm³/mol. The Hall–Kier alpha value is -0.420. The minimum absolute atomic E-state index is 0.0317. The molecule has 4 N–H and O–H groups in total. The van der Waals surface area contributed by atoms with Crippen LogP contribution in [-0.4, -0.2) is 44.8 Å². The highest BCUT2D eigenvalue weighted by molar-refractivity contribution is 5.15. The highest BCUT2D eigenvalue weighted by Gasteiger charge is 2.62. The van der Waals surface area contributed by atoms with Crippen molar-refractivity contribution in [2.75, 3.05) is 0 Å². The number of aliphatic hydroxyl groups excluding tert-OH is 4. The van der Waals surface area contributed by atoms with Crippen LogP contribution in [0.3, 0.4) is 0 Å². The molecule has 33 heavy (non-hydrogen) atoms. The second-order valence-electron chi connectivity index (χ2n) is 14.0. The van der Waals surface area contributed by atoms with Crippen LogP contribution in [0.25, 0.3) is 0 Å². The summed E-state index contributed by atoms with van der Waals surface area (Å²) in [7, 11) is 0. The van der Waals surface area contributed by atoms with Gasteiger partial charge in [-0.2, -0.15) is 0 Å². The van der Waals surface area contributed by atoms with Gasteiger partial charge in [-0.05, 0) is 109 Å². The van der Waals surface area contributed by atoms with Crippen LogP contribution >= 0.6 is 0 Å². The van der Waals surface area contributed by atoms with Crippen LogP contribution in [0.2, 0.25) is 0 Å². The van der Waals surface area contributed by atoms with Crippen molar-refractivity contribution in [3.63, 3.8) is 0 Å². The molecule has 4 aliphatic carbocycles. The third kappa shape index (κ3) is 4.05. The van der Waals surface area contributed by atoms with Crippen LogP contribution in [0.15, 0.2) is 12.2 Å². The van der Waals surface area contributed by atoms with Crippen LogP contribution in [0.5, 0.6) is 0 Å². The third-order valence-corrected chi connectivity index (χ3v) is 11.6. The lowest BCUT2D eigenvalue weighted by Crippen LogP contribution is -2.57. The molecule has 0 radical (unpaired) electrons. The Kier molecular flexibility index (Phi) is 6.69. The Bertz CT molecular complexity index is 742. The molecule has 4 heteroatoms. The summed E-state index contributed by atoms with van der Waals surface area (Å²) in [5.41, 5.74) is 0.814. The molecule has 4 aliphatic rings. The molecule has 4 saturated carbocycles. The molecule has 0 bridgehead atoms. The molecule has 190 valence electrons. The summed E-state index contributed by atoms with van der Waals surface area (Å²) in [4.78, 5) is 0. The molecule has 0 spiro atoms. The molecule has 0 aromatic rings. The van der Waals surface area contributed by atoms with E-state index in [1.807, 2.05) is 20.8 Å². The van der Waals surface area contributed by atoms with Crippen LogP contribution in [-0.2, 0) is 0 Å². The molecule has 0 amide bonds. The van der Waals surface area contributed by atoms with Crippen molar-refractivity contribution in [1.29, 1.82) is 0 Å². The van der Waals surface area contributed by atoms with Gasteiger partial charge in [0, 0.05) is 0 Å². The van der Waals surface area contributed by atoms with Crippen molar-refractivity contribution in [2.45, 2.75) is 117 Å². The van der Waals surface area contributed by atoms with E-state index in [1.165, 1.54) is 25.7 Å². The summed E-state index contributed by atoms with van der Waals surface area (Å²) < 4.78 is 0. The summed E-state index contributed by atoms with van der Waals surface area (Å²) in [6.45, 7) is 17.3. The SMILES string of the molecule is C=C([C@@H](O)[C@H](O)[C@@H](C)[C@@H]1CC[C@@H]2[C@H]3CC[C@H]4C[C@H](O)[C@H](O)C[C@@]4(C)[C@@H]3CC[C@@]21C)C(C)(C)C. The quantitative estimate of drug-likeness (QED) is 0.446. The van der Waals surface area contributed by atoms with E-state index in [0.29, 0.717) is 29.6 Å². The molecule has 0 aromatic heterocycles. The average Bonchev–Trinajstić information content (AvgIpc) is 3.09. The van der Waals surface area contributed by atoms with Crippen molar-refractivity contribution >= 4 is 0 Å². The van der Waals surface area contributed by atoms with Gasteiger partial charge in [0.2, 0.25) is 0 Å². The third-order valence-electron chi connectivity index (χ3n) is 11.6. The summed E-state index contributed by atoms with van der Waals surface area (Å²) in [5, 5.41) is 43.0. The Morgan fingerprint density at radius 1 is 0.909 bits per heavy atom. The molecule has 4 nitrogen and oxygen atoms in total. The van der Waals surface area contributed by atoms with Gasteiger partial charge in [0.1, 0.15) is 6.10 Å². The van der Waals surface area contributed by atoms with E-state index < -0.39 is 24.4 Å². The van der Waals surface area contributed by atoms with Crippen LogP contribution in [0, 0.1) is 51.8 Å². The number of fused-ring (bicyclic) bond motifs is 5. The molecule has 0 aliphatic heterocycles. The van der Waals surface area contributed by atoms with Crippen molar-refractivity contribution in [1.82, 2.24) is 0 Å². The van der Waals surface area contributed by atoms with Gasteiger partial charge in [0.05, 0.1) is 18.3 Å². The second kappa shape index (κ2) is 8.61. The zero-order valence-corrected chi connectivity index (χ0v) is 21.9. The normalized spacial score (nSPS) is 48.2. The zero-order chi connectivity index (χ0) is 24.5. The molecule has 12 atom stereocenters. The first-order chi connectivity index (χ1) is 15.2. The fourth-order valence-electron chi connectivity index (χ4n) is 9.35. The molecule has 4 rings (SSSR count). The molecular formula is C29H50O4. The zero-order valence-electron chi connectivity index (χ0n) is 21.9. The molecule has 0 aromatic carbocycles. The van der Waals surface area contributed by atoms with Crippen LogP contribution < -0.4 is 0 Å². The van der Waals surface area contributed by atoms with Gasteiger partial charge in [-0.1, -0.05) is 48.1 Å². The van der Waals surface area contributed by atoms with Crippen molar-refractivity contribution in [2.24, 2.45) is 51.8 Å². The van der Waals surface area contributed by atoms with Gasteiger partial charge < -0.3 is 20.4 Å². The topological polar surface area (TPSA) is 80.9 Å². The van der Waals surface area contributed by atoms with E-state index in [2.05, 4.69) is 27.4 Å². The monoisotopic (exact) mass is 462 g/mol. The summed E-state index contributed by atoms with van der Waals surface area (Å²) in [6.07, 6.45) is 5.78. The van der Waals surface area contributed by atoms with E-state index in [0.717, 1.165) is 31.3 Å². The van der Waals surface area contributed by atoms with E-state index in [-0.39, 0.29) is 22.2 Å². The Labute approximate surface area is 201 Å². The summed E-state index contributed by atoms with van der Waals surface area (Å²) in [6, 6.07) is 0. The maximum atomic E-state index is 11.2. The second-order valence-corrected chi connectivity index (χ2v) is 14.0. The number of rotatable bonds is 4. The Morgan fingerprint density at radius 3 is 2.18 bits per heavy atom. The maximum absolute atomic E-state index is 11.2. The maximum Gasteiger partial charge on any atom is 0.101 e. The smallest absolute Gasteiger partial charge is 0.101 e. The molecule has 4 fully saturated rings. The first-order valence-electron chi connectivity index (χ1n) is 13.6. The first kappa shape index (κ1) is 25.7. The standard InChI is InChI=1S/C29H50O4/c1-16(25(32)26(33)17(2)27(3,4)5)20-10-11-21-19-9-8-18-14-23(30)24(31)15-29(18,7)22(19)12-13-28(20,21)6/h16,18-26,30-33H,2,8-15H2,1,3-7H3/t16-,18-,19+,20-,21+,22+,23-,24+,25+,26+,28+,29+/m0/s1. The van der Waals surface area contributed by atoms with E-state index in [4.69, 9.17) is 0 Å². The highest BCUT2D eigenvalue weighted by atomic mass is 16.3. The van der Waals surface area contributed by atoms with Crippen LogP contribution in [0.4, 0.5) is 0 Å². The fourth-order valence-corrected chi connectivity index (χ4v) is 9.35. The Balaban J connectivity index is 1.52. The average molecular weight is 463 g/mol. The minimum Gasteiger partial charge on any atom is -0.390 e. The predicted octanol–water partition coefficient (Wildman–Crippen LogP) is 4.94. The highest BCUT2D eigenvalue weighted by Crippen LogP contribution is 2.68. The minimum atomic E-state index is -0.886. The van der Waals surface area contributed by atoms with E-state index >= 15 is 0 Å². The molecular weight excluding hydrogens is 412 g/mol. The lowest BCUT2D eigenvalue weighted by Gasteiger charge is -2.61. The number of hydrogen-bond donors (Lipinski definition) is 4. The lowest BCUT2D eigenvalue weighted by molar-refractivity contribution is -0.162. The lowest BCUT2D eigenvalue weighted by atomic mass is 9.44. The van der Waals surface area contributed by atoms with Crippen molar-refractivity contribution in [3.8, 4) is 0 Å². The largest absolute Gasteiger partial charge is 0.390 e. The van der Waals surface area contributed by atoms with Gasteiger partial charge in [-0.15, -0.1) is 0 Å². The molecule has 0 heterocycles. The van der Waals surface area contributed by atoms with Gasteiger partial charge in [-0.3, -0.25) is 0 Å². The number of hydrogen-bond acceptors (Lipinski definition) is 4. The fraction of sp³-hybridized carbons (Fsp3) is 0.931. The summed E-state index contributed by atoms with van der Waals surface area (Å²) >= 11 is 0. The van der Waals surface area contributed by atoms with Crippen LogP contribution in [0.1, 0.15) is 92.9 Å². The van der Waals surface area contributed by atoms with Gasteiger partial charge >= 0.3 is 0 Å². The van der Waals surface area contributed by atoms with Crippen molar-refractivity contribution in [3.05, 3.63) is 12.2 Å². The Morgan fingerprint density at radius 2 is 1.55 bits per heavy atom. The van der Waals surface area contributed by atoms with Gasteiger partial charge in [-0.25, -0.2) is 0 Å². The van der Waals surface area contributed by atoms with Gasteiger partial charge in [0.25, 0.3) is 0 Å². The summed E-state index contributed by atoms with van der Waals surface area (Å²) in [5.74, 6) is 2.92. The molecule has 0 unspecified atom stereocenters. The first-order valence-corrected chi connectivity index (χ1v) is 13.6. The van der Waals surface area contributed by atoms with E-state index in [1.54, 1.807) is 0 Å².